The highest BCUT2D eigenvalue weighted by atomic mass is 16.5. The van der Waals surface area contributed by atoms with Gasteiger partial charge in [-0.1, -0.05) is 0 Å². The number of pyridine rings is 1. The van der Waals surface area contributed by atoms with Gasteiger partial charge in [0.1, 0.15) is 5.56 Å². The van der Waals surface area contributed by atoms with Crippen molar-refractivity contribution in [3.63, 3.8) is 0 Å². The largest absolute Gasteiger partial charge is 0.465 e. The molecular weight excluding hydrogens is 198 g/mol. The van der Waals surface area contributed by atoms with Crippen LogP contribution in [0.5, 0.6) is 0 Å². The molecule has 0 amide bonds. The van der Waals surface area contributed by atoms with Crippen molar-refractivity contribution in [3.8, 4) is 0 Å². The minimum atomic E-state index is -0.436. The number of nitrogens with zero attached hydrogens (tertiary/aromatic N) is 1. The van der Waals surface area contributed by atoms with Gasteiger partial charge in [0, 0.05) is 6.07 Å². The summed E-state index contributed by atoms with van der Waals surface area (Å²) in [4.78, 5) is 22.1. The summed E-state index contributed by atoms with van der Waals surface area (Å²) in [6.45, 7) is 0.0708. The number of aromatic nitrogens is 1. The van der Waals surface area contributed by atoms with Crippen molar-refractivity contribution in [1.82, 2.24) is 0 Å². The van der Waals surface area contributed by atoms with Crippen molar-refractivity contribution in [2.75, 3.05) is 14.2 Å². The molecule has 0 N–H and O–H groups in total. The van der Waals surface area contributed by atoms with Crippen molar-refractivity contribution in [1.29, 1.82) is 0 Å². The number of esters is 2. The van der Waals surface area contributed by atoms with Crippen LogP contribution in [0.2, 0.25) is 0 Å². The molecule has 0 fully saturated rings. The quantitative estimate of drug-likeness (QED) is 0.518. The van der Waals surface area contributed by atoms with Gasteiger partial charge >= 0.3 is 11.9 Å². The van der Waals surface area contributed by atoms with Crippen molar-refractivity contribution >= 4 is 11.9 Å². The third kappa shape index (κ3) is 3.05. The lowest BCUT2D eigenvalue weighted by molar-refractivity contribution is -0.686. The van der Waals surface area contributed by atoms with Crippen LogP contribution in [0.25, 0.3) is 0 Å². The second kappa shape index (κ2) is 5.09. The van der Waals surface area contributed by atoms with E-state index in [0.29, 0.717) is 5.56 Å². The summed E-state index contributed by atoms with van der Waals surface area (Å²) in [7, 11) is 2.62. The van der Waals surface area contributed by atoms with E-state index in [9.17, 15) is 9.59 Å². The molecule has 5 heteroatoms. The van der Waals surface area contributed by atoms with Gasteiger partial charge in [0.15, 0.2) is 12.4 Å². The first-order valence-electron chi connectivity index (χ1n) is 4.31. The van der Waals surface area contributed by atoms with Crippen molar-refractivity contribution in [3.05, 3.63) is 30.1 Å². The van der Waals surface area contributed by atoms with Gasteiger partial charge in [-0.25, -0.2) is 9.59 Å². The Morgan fingerprint density at radius 3 is 2.67 bits per heavy atom. The molecule has 1 rings (SSSR count). The molecule has 0 saturated heterocycles. The first-order valence-corrected chi connectivity index (χ1v) is 4.31. The van der Waals surface area contributed by atoms with Crippen LogP contribution in [-0.2, 0) is 20.8 Å². The van der Waals surface area contributed by atoms with Crippen LogP contribution in [0.4, 0.5) is 0 Å². The molecule has 0 atom stereocenters. The predicted octanol–water partition coefficient (Wildman–Crippen LogP) is -0.0663. The van der Waals surface area contributed by atoms with Crippen LogP contribution in [0.1, 0.15) is 10.4 Å². The van der Waals surface area contributed by atoms with Crippen molar-refractivity contribution in [2.45, 2.75) is 6.54 Å². The number of hydrogen-bond donors (Lipinski definition) is 0. The average Bonchev–Trinajstić information content (AvgIpc) is 2.28. The monoisotopic (exact) mass is 210 g/mol. The van der Waals surface area contributed by atoms with E-state index in [1.807, 2.05) is 0 Å². The maximum atomic E-state index is 11.2. The van der Waals surface area contributed by atoms with Crippen molar-refractivity contribution in [2.24, 2.45) is 0 Å². The smallest absolute Gasteiger partial charge is 0.372 e. The molecular formula is C10H12NO4+. The second-order valence-electron chi connectivity index (χ2n) is 2.83. The van der Waals surface area contributed by atoms with E-state index >= 15 is 0 Å². The standard InChI is InChI=1S/C10H12NO4/c1-14-9(12)7-11-5-3-4-8(6-11)10(13)15-2/h3-6H,7H2,1-2H3/q+1. The second-order valence-corrected chi connectivity index (χ2v) is 2.83. The fourth-order valence-corrected chi connectivity index (χ4v) is 1.07. The summed E-state index contributed by atoms with van der Waals surface area (Å²) in [6, 6.07) is 3.27. The Morgan fingerprint density at radius 2 is 2.07 bits per heavy atom. The van der Waals surface area contributed by atoms with E-state index in [2.05, 4.69) is 9.47 Å². The van der Waals surface area contributed by atoms with E-state index in [0.717, 1.165) is 0 Å². The van der Waals surface area contributed by atoms with E-state index in [-0.39, 0.29) is 12.5 Å². The number of carbonyl (C=O) groups excluding carboxylic acids is 2. The number of carbonyl (C=O) groups is 2. The number of rotatable bonds is 3. The molecule has 5 nitrogen and oxygen atoms in total. The number of hydrogen-bond acceptors (Lipinski definition) is 4. The minimum Gasteiger partial charge on any atom is -0.465 e. The summed E-state index contributed by atoms with van der Waals surface area (Å²) >= 11 is 0. The third-order valence-electron chi connectivity index (χ3n) is 1.82. The Hall–Kier alpha value is -1.91. The molecule has 0 aliphatic carbocycles. The Balaban J connectivity index is 2.83. The van der Waals surface area contributed by atoms with Gasteiger partial charge in [-0.05, 0) is 6.07 Å². The van der Waals surface area contributed by atoms with Gasteiger partial charge in [0.2, 0.25) is 6.54 Å². The van der Waals surface area contributed by atoms with Crippen LogP contribution in [0.3, 0.4) is 0 Å². The molecule has 0 bridgehead atoms. The van der Waals surface area contributed by atoms with Crippen LogP contribution >= 0.6 is 0 Å². The predicted molar refractivity (Wildman–Crippen MR) is 50.0 cm³/mol. The number of methoxy groups -OCH3 is 2. The zero-order valence-corrected chi connectivity index (χ0v) is 8.60. The lowest BCUT2D eigenvalue weighted by atomic mass is 10.3. The Morgan fingerprint density at radius 1 is 1.33 bits per heavy atom. The summed E-state index contributed by atoms with van der Waals surface area (Å²) in [6.07, 6.45) is 3.20. The molecule has 15 heavy (non-hydrogen) atoms. The van der Waals surface area contributed by atoms with E-state index in [1.165, 1.54) is 20.4 Å². The summed E-state index contributed by atoms with van der Waals surface area (Å²) < 4.78 is 10.6. The summed E-state index contributed by atoms with van der Waals surface area (Å²) in [5.41, 5.74) is 0.393. The Labute approximate surface area is 87.2 Å². The summed E-state index contributed by atoms with van der Waals surface area (Å²) in [5, 5.41) is 0. The molecule has 0 unspecified atom stereocenters. The lowest BCUT2D eigenvalue weighted by Gasteiger charge is -1.98. The minimum absolute atomic E-state index is 0.0708. The van der Waals surface area contributed by atoms with Gasteiger partial charge in [-0.2, -0.15) is 4.57 Å². The fraction of sp³-hybridized carbons (Fsp3) is 0.300. The maximum Gasteiger partial charge on any atom is 0.372 e. The molecule has 0 saturated carbocycles. The topological polar surface area (TPSA) is 56.5 Å². The molecule has 0 spiro atoms. The highest BCUT2D eigenvalue weighted by Gasteiger charge is 2.13. The molecule has 0 aliphatic rings. The van der Waals surface area contributed by atoms with Gasteiger partial charge in [0.05, 0.1) is 14.2 Å². The highest BCUT2D eigenvalue weighted by molar-refractivity contribution is 5.88. The van der Waals surface area contributed by atoms with Crippen LogP contribution in [0, 0.1) is 0 Å². The molecule has 1 aromatic heterocycles. The van der Waals surface area contributed by atoms with Crippen LogP contribution < -0.4 is 4.57 Å². The van der Waals surface area contributed by atoms with E-state index in [4.69, 9.17) is 0 Å². The zero-order valence-electron chi connectivity index (χ0n) is 8.60. The van der Waals surface area contributed by atoms with Crippen LogP contribution in [0.15, 0.2) is 24.5 Å². The van der Waals surface area contributed by atoms with Gasteiger partial charge in [0.25, 0.3) is 0 Å². The van der Waals surface area contributed by atoms with Crippen LogP contribution in [-0.4, -0.2) is 26.2 Å². The average molecular weight is 210 g/mol. The Bertz CT molecular complexity index is 375. The van der Waals surface area contributed by atoms with E-state index in [1.54, 1.807) is 22.9 Å². The third-order valence-corrected chi connectivity index (χ3v) is 1.82. The zero-order chi connectivity index (χ0) is 11.3. The highest BCUT2D eigenvalue weighted by Crippen LogP contribution is 1.96. The normalized spacial score (nSPS) is 9.47. The van der Waals surface area contributed by atoms with Gasteiger partial charge in [-0.3, -0.25) is 0 Å². The van der Waals surface area contributed by atoms with Crippen molar-refractivity contribution < 1.29 is 23.6 Å². The van der Waals surface area contributed by atoms with Gasteiger partial charge in [-0.15, -0.1) is 0 Å². The molecule has 0 radical (unpaired) electrons. The van der Waals surface area contributed by atoms with Gasteiger partial charge < -0.3 is 9.47 Å². The molecule has 0 aromatic carbocycles. The maximum absolute atomic E-state index is 11.2. The fourth-order valence-electron chi connectivity index (χ4n) is 1.07. The first kappa shape index (κ1) is 11.2. The summed E-state index contributed by atoms with van der Waals surface area (Å²) in [5.74, 6) is -0.809. The molecule has 1 aromatic rings. The lowest BCUT2D eigenvalue weighted by Crippen LogP contribution is -2.38. The Kier molecular flexibility index (Phi) is 3.79. The molecule has 1 heterocycles. The molecule has 0 aliphatic heterocycles. The number of ether oxygens (including phenoxy) is 2. The first-order chi connectivity index (χ1) is 7.17. The SMILES string of the molecule is COC(=O)C[n+]1cccc(C(=O)OC)c1. The molecule has 80 valence electrons. The van der Waals surface area contributed by atoms with E-state index < -0.39 is 5.97 Å².